The minimum atomic E-state index is -0.716. The molecule has 0 fully saturated rings. The molecule has 27 heavy (non-hydrogen) atoms. The number of nitrogens with zero attached hydrogens (tertiary/aromatic N) is 2. The van der Waals surface area contributed by atoms with Crippen LogP contribution in [-0.4, -0.2) is 36.0 Å². The molecule has 0 saturated carbocycles. The van der Waals surface area contributed by atoms with E-state index in [4.69, 9.17) is 9.47 Å². The van der Waals surface area contributed by atoms with Crippen LogP contribution >= 0.6 is 0 Å². The first-order valence-corrected chi connectivity index (χ1v) is 8.93. The molecule has 2 aromatic rings. The minimum absolute atomic E-state index is 0.00977. The van der Waals surface area contributed by atoms with Gasteiger partial charge in [0, 0.05) is 18.3 Å². The van der Waals surface area contributed by atoms with Crippen LogP contribution < -0.4 is 19.9 Å². The summed E-state index contributed by atoms with van der Waals surface area (Å²) in [5.74, 6) is 0.392. The van der Waals surface area contributed by atoms with E-state index in [1.807, 2.05) is 6.92 Å². The Hall–Kier alpha value is -3.09. The molecule has 1 aliphatic heterocycles. The van der Waals surface area contributed by atoms with Crippen LogP contribution in [0, 0.1) is 0 Å². The molecule has 7 heteroatoms. The number of rotatable bonds is 6. The molecule has 0 bridgehead atoms. The summed E-state index contributed by atoms with van der Waals surface area (Å²) in [6, 6.07) is 7.52. The van der Waals surface area contributed by atoms with Crippen LogP contribution in [0.25, 0.3) is 0 Å². The lowest BCUT2D eigenvalue weighted by Gasteiger charge is -2.28. The summed E-state index contributed by atoms with van der Waals surface area (Å²) in [6.07, 6.45) is 1.57. The summed E-state index contributed by atoms with van der Waals surface area (Å²) in [5.41, 5.74) is 0.626. The average Bonchev–Trinajstić information content (AvgIpc) is 2.68. The molecule has 1 unspecified atom stereocenters. The maximum Gasteiger partial charge on any atom is 0.293 e. The van der Waals surface area contributed by atoms with E-state index in [-0.39, 0.29) is 29.6 Å². The van der Waals surface area contributed by atoms with Crippen molar-refractivity contribution in [2.24, 2.45) is 0 Å². The Bertz CT molecular complexity index is 934. The number of amides is 1. The Morgan fingerprint density at radius 3 is 2.74 bits per heavy atom. The molecule has 1 aromatic carbocycles. The number of carbonyl (C=O) groups excluding carboxylic acids is 2. The molecular weight excluding hydrogens is 348 g/mol. The van der Waals surface area contributed by atoms with Gasteiger partial charge in [-0.3, -0.25) is 14.4 Å². The zero-order valence-corrected chi connectivity index (χ0v) is 15.6. The number of benzene rings is 1. The van der Waals surface area contributed by atoms with E-state index in [1.165, 1.54) is 4.57 Å². The number of ether oxygens (including phenoxy) is 2. The van der Waals surface area contributed by atoms with Gasteiger partial charge in [-0.1, -0.05) is 0 Å². The molecule has 0 radical (unpaired) electrons. The predicted molar refractivity (Wildman–Crippen MR) is 101 cm³/mol. The molecule has 0 saturated heterocycles. The van der Waals surface area contributed by atoms with E-state index in [0.29, 0.717) is 30.2 Å². The van der Waals surface area contributed by atoms with Crippen molar-refractivity contribution in [3.05, 3.63) is 52.4 Å². The van der Waals surface area contributed by atoms with Gasteiger partial charge in [0.1, 0.15) is 5.75 Å². The maximum absolute atomic E-state index is 13.0. The topological polar surface area (TPSA) is 77.8 Å². The monoisotopic (exact) mass is 370 g/mol. The number of aromatic nitrogens is 1. The van der Waals surface area contributed by atoms with E-state index in [1.54, 1.807) is 55.3 Å². The zero-order valence-electron chi connectivity index (χ0n) is 15.6. The zero-order chi connectivity index (χ0) is 19.6. The van der Waals surface area contributed by atoms with Gasteiger partial charge in [0.15, 0.2) is 18.1 Å². The fourth-order valence-electron chi connectivity index (χ4n) is 3.13. The fourth-order valence-corrected chi connectivity index (χ4v) is 3.13. The lowest BCUT2D eigenvalue weighted by Crippen LogP contribution is -2.38. The van der Waals surface area contributed by atoms with Gasteiger partial charge in [0.25, 0.3) is 11.5 Å². The number of pyridine rings is 1. The highest BCUT2D eigenvalue weighted by atomic mass is 16.5. The Labute approximate surface area is 157 Å². The normalized spacial score (nSPS) is 14.3. The van der Waals surface area contributed by atoms with Gasteiger partial charge in [-0.2, -0.15) is 0 Å². The highest BCUT2D eigenvalue weighted by Gasteiger charge is 2.27. The largest absolute Gasteiger partial charge is 0.488 e. The molecule has 0 aliphatic carbocycles. The molecular formula is C20H22N2O5. The molecule has 7 nitrogen and oxygen atoms in total. The number of hydrogen-bond acceptors (Lipinski definition) is 5. The van der Waals surface area contributed by atoms with Crippen molar-refractivity contribution in [2.45, 2.75) is 26.8 Å². The number of likely N-dealkylation sites (N-methyl/N-ethyl adjacent to an activating group) is 1. The number of carbonyl (C=O) groups is 2. The van der Waals surface area contributed by atoms with Crippen LogP contribution in [0.4, 0.5) is 5.69 Å². The van der Waals surface area contributed by atoms with E-state index in [9.17, 15) is 14.4 Å². The molecule has 1 atom stereocenters. The van der Waals surface area contributed by atoms with Crippen molar-refractivity contribution >= 4 is 17.4 Å². The molecule has 1 aliphatic rings. The maximum atomic E-state index is 13.0. The van der Waals surface area contributed by atoms with Crippen molar-refractivity contribution in [1.82, 2.24) is 4.57 Å². The van der Waals surface area contributed by atoms with Gasteiger partial charge >= 0.3 is 0 Å². The van der Waals surface area contributed by atoms with Crippen molar-refractivity contribution in [3.63, 3.8) is 0 Å². The van der Waals surface area contributed by atoms with Crippen molar-refractivity contribution in [3.8, 4) is 11.5 Å². The van der Waals surface area contributed by atoms with Crippen molar-refractivity contribution < 1.29 is 19.1 Å². The molecule has 1 amide bonds. The van der Waals surface area contributed by atoms with Crippen molar-refractivity contribution in [1.29, 1.82) is 0 Å². The number of Topliss-reactive ketones (excluding diaryl/α,β-unsaturated/α-hetero) is 1. The van der Waals surface area contributed by atoms with Gasteiger partial charge in [0.2, 0.25) is 0 Å². The molecule has 142 valence electrons. The molecule has 3 rings (SSSR count). The second-order valence-corrected chi connectivity index (χ2v) is 6.17. The average molecular weight is 370 g/mol. The van der Waals surface area contributed by atoms with Crippen LogP contribution in [-0.2, 0) is 4.79 Å². The molecule has 0 N–H and O–H groups in total. The molecule has 1 aromatic heterocycles. The number of anilines is 1. The summed E-state index contributed by atoms with van der Waals surface area (Å²) in [5, 5.41) is 0. The number of hydrogen-bond donors (Lipinski definition) is 0. The summed E-state index contributed by atoms with van der Waals surface area (Å²) in [4.78, 5) is 39.1. The Morgan fingerprint density at radius 1 is 1.26 bits per heavy atom. The van der Waals surface area contributed by atoms with E-state index in [0.717, 1.165) is 0 Å². The first kappa shape index (κ1) is 18.7. The predicted octanol–water partition coefficient (Wildman–Crippen LogP) is 2.44. The van der Waals surface area contributed by atoms with Gasteiger partial charge in [0.05, 0.1) is 18.3 Å². The highest BCUT2D eigenvalue weighted by molar-refractivity contribution is 6.03. The Kier molecular flexibility index (Phi) is 5.30. The first-order chi connectivity index (χ1) is 13.0. The van der Waals surface area contributed by atoms with Gasteiger partial charge < -0.3 is 18.9 Å². The lowest BCUT2D eigenvalue weighted by molar-refractivity contribution is -0.121. The smallest absolute Gasteiger partial charge is 0.293 e. The Morgan fingerprint density at radius 2 is 2.04 bits per heavy atom. The highest BCUT2D eigenvalue weighted by Crippen LogP contribution is 2.33. The molecule has 2 heterocycles. The van der Waals surface area contributed by atoms with Crippen LogP contribution in [0.3, 0.4) is 0 Å². The summed E-state index contributed by atoms with van der Waals surface area (Å²) >= 11 is 0. The summed E-state index contributed by atoms with van der Waals surface area (Å²) in [6.45, 7) is 6.16. The van der Waals surface area contributed by atoms with Gasteiger partial charge in [-0.05, 0) is 51.1 Å². The summed E-state index contributed by atoms with van der Waals surface area (Å²) in [7, 11) is 0. The number of fused-ring (bicyclic) bond motifs is 1. The van der Waals surface area contributed by atoms with E-state index in [2.05, 4.69) is 0 Å². The Balaban J connectivity index is 1.95. The third kappa shape index (κ3) is 3.45. The lowest BCUT2D eigenvalue weighted by atomic mass is 10.0. The molecule has 0 spiro atoms. The second kappa shape index (κ2) is 7.65. The standard InChI is InChI=1S/C20H22N2O5/c1-4-21-15-11-14(8-9-16(15)27-12-18(21)23)19(24)13(3)22-10-6-7-17(20(22)25)26-5-2/h6-11,13H,4-5,12H2,1-3H3. The van der Waals surface area contributed by atoms with Gasteiger partial charge in [-0.25, -0.2) is 0 Å². The SMILES string of the molecule is CCOc1cccn(C(C)C(=O)c2ccc3c(c2)N(CC)C(=O)CO3)c1=O. The minimum Gasteiger partial charge on any atom is -0.488 e. The number of ketones is 1. The van der Waals surface area contributed by atoms with Crippen LogP contribution in [0.5, 0.6) is 11.5 Å². The third-order valence-corrected chi connectivity index (χ3v) is 4.54. The van der Waals surface area contributed by atoms with Crippen LogP contribution in [0.2, 0.25) is 0 Å². The third-order valence-electron chi connectivity index (χ3n) is 4.54. The van der Waals surface area contributed by atoms with Gasteiger partial charge in [-0.15, -0.1) is 0 Å². The first-order valence-electron chi connectivity index (χ1n) is 8.93. The van der Waals surface area contributed by atoms with Crippen LogP contribution in [0.1, 0.15) is 37.2 Å². The second-order valence-electron chi connectivity index (χ2n) is 6.17. The summed E-state index contributed by atoms with van der Waals surface area (Å²) < 4.78 is 12.1. The van der Waals surface area contributed by atoms with Crippen LogP contribution in [0.15, 0.2) is 41.3 Å². The van der Waals surface area contributed by atoms with E-state index >= 15 is 0 Å². The fraction of sp³-hybridized carbons (Fsp3) is 0.350. The van der Waals surface area contributed by atoms with Crippen molar-refractivity contribution in [2.75, 3.05) is 24.7 Å². The quantitative estimate of drug-likeness (QED) is 0.730. The van der Waals surface area contributed by atoms with E-state index < -0.39 is 6.04 Å².